The molecule has 1 atom stereocenters. The van der Waals surface area contributed by atoms with Gasteiger partial charge in [0.25, 0.3) is 5.91 Å². The second-order valence-corrected chi connectivity index (χ2v) is 5.72. The number of amides is 1. The van der Waals surface area contributed by atoms with Crippen molar-refractivity contribution in [1.82, 2.24) is 20.1 Å². The Morgan fingerprint density at radius 2 is 2.42 bits per heavy atom. The molecule has 1 N–H and O–H groups in total. The highest BCUT2D eigenvalue weighted by molar-refractivity contribution is 7.09. The first-order valence-corrected chi connectivity index (χ1v) is 7.35. The summed E-state index contributed by atoms with van der Waals surface area (Å²) in [6.45, 7) is 2.68. The standard InChI is InChI=1S/C13H16N4OS/c1-9-10(8-15-16-9)13(18)17-6-3-2-4-11(17)12-14-5-7-19-12/h5,7-8,11H,2-4,6H2,1H3,(H,15,16)/t11-/m1/s1. The van der Waals surface area contributed by atoms with Gasteiger partial charge in [-0.2, -0.15) is 5.10 Å². The number of carbonyl (C=O) groups is 1. The Morgan fingerprint density at radius 1 is 1.53 bits per heavy atom. The van der Waals surface area contributed by atoms with Crippen LogP contribution in [0.25, 0.3) is 0 Å². The van der Waals surface area contributed by atoms with E-state index in [2.05, 4.69) is 15.2 Å². The molecule has 0 bridgehead atoms. The van der Waals surface area contributed by atoms with Crippen LogP contribution in [0.5, 0.6) is 0 Å². The summed E-state index contributed by atoms with van der Waals surface area (Å²) < 4.78 is 0. The topological polar surface area (TPSA) is 61.9 Å². The van der Waals surface area contributed by atoms with Crippen molar-refractivity contribution in [3.05, 3.63) is 34.0 Å². The number of hydrogen-bond donors (Lipinski definition) is 1. The zero-order chi connectivity index (χ0) is 13.2. The summed E-state index contributed by atoms with van der Waals surface area (Å²) in [5.41, 5.74) is 1.50. The number of aromatic nitrogens is 3. The van der Waals surface area contributed by atoms with Gasteiger partial charge in [-0.25, -0.2) is 4.98 Å². The second-order valence-electron chi connectivity index (χ2n) is 4.79. The number of aromatic amines is 1. The Labute approximate surface area is 115 Å². The number of carbonyl (C=O) groups excluding carboxylic acids is 1. The number of thiazole rings is 1. The lowest BCUT2D eigenvalue weighted by molar-refractivity contribution is 0.0610. The SMILES string of the molecule is Cc1[nH]ncc1C(=O)N1CCCC[C@@H]1c1nccs1. The number of nitrogens with one attached hydrogen (secondary N) is 1. The third-order valence-electron chi connectivity index (χ3n) is 3.56. The Kier molecular flexibility index (Phi) is 3.33. The van der Waals surface area contributed by atoms with E-state index in [1.54, 1.807) is 23.7 Å². The number of piperidine rings is 1. The van der Waals surface area contributed by atoms with Gasteiger partial charge in [-0.3, -0.25) is 9.89 Å². The smallest absolute Gasteiger partial charge is 0.257 e. The fourth-order valence-electron chi connectivity index (χ4n) is 2.55. The fourth-order valence-corrected chi connectivity index (χ4v) is 3.34. The highest BCUT2D eigenvalue weighted by Gasteiger charge is 2.31. The van der Waals surface area contributed by atoms with Gasteiger partial charge in [0.2, 0.25) is 0 Å². The lowest BCUT2D eigenvalue weighted by atomic mass is 10.0. The van der Waals surface area contributed by atoms with E-state index in [9.17, 15) is 4.79 Å². The Bertz CT molecular complexity index is 563. The van der Waals surface area contributed by atoms with Crippen molar-refractivity contribution < 1.29 is 4.79 Å². The zero-order valence-electron chi connectivity index (χ0n) is 10.8. The summed E-state index contributed by atoms with van der Waals surface area (Å²) in [6, 6.07) is 0.121. The van der Waals surface area contributed by atoms with Gasteiger partial charge in [-0.15, -0.1) is 11.3 Å². The minimum atomic E-state index is 0.0613. The van der Waals surface area contributed by atoms with E-state index < -0.39 is 0 Å². The average molecular weight is 276 g/mol. The molecular weight excluding hydrogens is 260 g/mol. The molecule has 100 valence electrons. The first kappa shape index (κ1) is 12.3. The zero-order valence-corrected chi connectivity index (χ0v) is 11.6. The molecule has 0 saturated carbocycles. The number of nitrogens with zero attached hydrogens (tertiary/aromatic N) is 3. The summed E-state index contributed by atoms with van der Waals surface area (Å²) in [4.78, 5) is 19.0. The van der Waals surface area contributed by atoms with Crippen LogP contribution in [0.15, 0.2) is 17.8 Å². The van der Waals surface area contributed by atoms with Gasteiger partial charge >= 0.3 is 0 Å². The van der Waals surface area contributed by atoms with Gasteiger partial charge in [-0.1, -0.05) is 0 Å². The van der Waals surface area contributed by atoms with Crippen LogP contribution in [-0.4, -0.2) is 32.5 Å². The normalized spacial score (nSPS) is 19.6. The lowest BCUT2D eigenvalue weighted by Crippen LogP contribution is -2.38. The molecule has 6 heteroatoms. The molecule has 19 heavy (non-hydrogen) atoms. The van der Waals surface area contributed by atoms with Crippen molar-refractivity contribution in [2.45, 2.75) is 32.2 Å². The van der Waals surface area contributed by atoms with Crippen LogP contribution in [0.3, 0.4) is 0 Å². The molecule has 0 unspecified atom stereocenters. The second kappa shape index (κ2) is 5.13. The molecular formula is C13H16N4OS. The van der Waals surface area contributed by atoms with Gasteiger partial charge in [0.15, 0.2) is 0 Å². The molecule has 1 aliphatic rings. The molecule has 0 radical (unpaired) electrons. The maximum atomic E-state index is 12.6. The van der Waals surface area contributed by atoms with Crippen molar-refractivity contribution in [2.24, 2.45) is 0 Å². The molecule has 1 amide bonds. The lowest BCUT2D eigenvalue weighted by Gasteiger charge is -2.34. The van der Waals surface area contributed by atoms with Gasteiger partial charge in [-0.05, 0) is 26.2 Å². The molecule has 0 spiro atoms. The Balaban J connectivity index is 1.89. The van der Waals surface area contributed by atoms with Crippen molar-refractivity contribution >= 4 is 17.2 Å². The molecule has 2 aromatic heterocycles. The maximum Gasteiger partial charge on any atom is 0.257 e. The van der Waals surface area contributed by atoms with Crippen LogP contribution in [-0.2, 0) is 0 Å². The van der Waals surface area contributed by atoms with E-state index in [0.29, 0.717) is 5.56 Å². The van der Waals surface area contributed by atoms with Gasteiger partial charge in [0, 0.05) is 23.8 Å². The van der Waals surface area contributed by atoms with Crippen LogP contribution in [0.1, 0.15) is 46.4 Å². The van der Waals surface area contributed by atoms with Crippen molar-refractivity contribution in [2.75, 3.05) is 6.54 Å². The van der Waals surface area contributed by atoms with E-state index in [4.69, 9.17) is 0 Å². The predicted molar refractivity (Wildman–Crippen MR) is 73.1 cm³/mol. The molecule has 1 fully saturated rings. The largest absolute Gasteiger partial charge is 0.329 e. The average Bonchev–Trinajstić information content (AvgIpc) is 3.09. The molecule has 3 heterocycles. The highest BCUT2D eigenvalue weighted by atomic mass is 32.1. The van der Waals surface area contributed by atoms with Crippen LogP contribution in [0.2, 0.25) is 0 Å². The number of hydrogen-bond acceptors (Lipinski definition) is 4. The van der Waals surface area contributed by atoms with Crippen molar-refractivity contribution in [3.63, 3.8) is 0 Å². The van der Waals surface area contributed by atoms with E-state index in [-0.39, 0.29) is 11.9 Å². The van der Waals surface area contributed by atoms with E-state index >= 15 is 0 Å². The van der Waals surface area contributed by atoms with Crippen molar-refractivity contribution in [1.29, 1.82) is 0 Å². The van der Waals surface area contributed by atoms with Gasteiger partial charge < -0.3 is 4.90 Å². The Morgan fingerprint density at radius 3 is 3.11 bits per heavy atom. The van der Waals surface area contributed by atoms with E-state index in [1.807, 2.05) is 17.2 Å². The predicted octanol–water partition coefficient (Wildman–Crippen LogP) is 2.54. The first-order valence-electron chi connectivity index (χ1n) is 6.47. The summed E-state index contributed by atoms with van der Waals surface area (Å²) >= 11 is 1.62. The molecule has 2 aromatic rings. The van der Waals surface area contributed by atoms with Crippen LogP contribution < -0.4 is 0 Å². The molecule has 3 rings (SSSR count). The monoisotopic (exact) mass is 276 g/mol. The molecule has 1 saturated heterocycles. The molecule has 0 aliphatic carbocycles. The molecule has 1 aliphatic heterocycles. The number of rotatable bonds is 2. The van der Waals surface area contributed by atoms with Crippen LogP contribution >= 0.6 is 11.3 Å². The number of likely N-dealkylation sites (tertiary alicyclic amines) is 1. The Hall–Kier alpha value is -1.69. The number of aryl methyl sites for hydroxylation is 1. The van der Waals surface area contributed by atoms with E-state index in [0.717, 1.165) is 36.5 Å². The van der Waals surface area contributed by atoms with Crippen LogP contribution in [0.4, 0.5) is 0 Å². The summed E-state index contributed by atoms with van der Waals surface area (Å²) in [7, 11) is 0. The molecule has 5 nitrogen and oxygen atoms in total. The molecule has 0 aromatic carbocycles. The minimum absolute atomic E-state index is 0.0613. The fraction of sp³-hybridized carbons (Fsp3) is 0.462. The van der Waals surface area contributed by atoms with Crippen molar-refractivity contribution in [3.8, 4) is 0 Å². The number of H-pyrrole nitrogens is 1. The maximum absolute atomic E-state index is 12.6. The summed E-state index contributed by atoms with van der Waals surface area (Å²) in [5, 5.41) is 9.77. The third-order valence-corrected chi connectivity index (χ3v) is 4.44. The van der Waals surface area contributed by atoms with Crippen LogP contribution in [0, 0.1) is 6.92 Å². The third kappa shape index (κ3) is 2.28. The highest BCUT2D eigenvalue weighted by Crippen LogP contribution is 2.33. The summed E-state index contributed by atoms with van der Waals surface area (Å²) in [6.07, 6.45) is 6.63. The first-order chi connectivity index (χ1) is 9.27. The summed E-state index contributed by atoms with van der Waals surface area (Å²) in [5.74, 6) is 0.0613. The van der Waals surface area contributed by atoms with E-state index in [1.165, 1.54) is 0 Å². The minimum Gasteiger partial charge on any atom is -0.329 e. The van der Waals surface area contributed by atoms with Gasteiger partial charge in [0.1, 0.15) is 5.01 Å². The van der Waals surface area contributed by atoms with Gasteiger partial charge in [0.05, 0.1) is 17.8 Å². The quantitative estimate of drug-likeness (QED) is 0.917.